The molecule has 0 bridgehead atoms. The number of hydrogen-bond acceptors (Lipinski definition) is 1. The fourth-order valence-corrected chi connectivity index (χ4v) is 1.94. The largest absolute Gasteiger partial charge is 0.388 e. The third-order valence-electron chi connectivity index (χ3n) is 3.16. The lowest BCUT2D eigenvalue weighted by molar-refractivity contribution is 0.622. The Kier molecular flexibility index (Phi) is 6.48. The van der Waals surface area contributed by atoms with Gasteiger partial charge in [-0.05, 0) is 48.9 Å². The smallest absolute Gasteiger partial charge is 0.123 e. The number of aryl methyl sites for hydroxylation is 1. The fraction of sp³-hybridized carbons (Fsp3) is 0.500. The number of halogens is 1. The van der Waals surface area contributed by atoms with Gasteiger partial charge in [-0.15, -0.1) is 0 Å². The van der Waals surface area contributed by atoms with Gasteiger partial charge in [0.2, 0.25) is 0 Å². The second kappa shape index (κ2) is 7.91. The van der Waals surface area contributed by atoms with E-state index >= 15 is 0 Å². The Labute approximate surface area is 110 Å². The van der Waals surface area contributed by atoms with Crippen molar-refractivity contribution in [1.82, 2.24) is 5.32 Å². The molecule has 1 nitrogen and oxygen atoms in total. The first-order valence-corrected chi connectivity index (χ1v) is 6.86. The highest BCUT2D eigenvalue weighted by atomic mass is 19.1. The van der Waals surface area contributed by atoms with E-state index in [2.05, 4.69) is 25.7 Å². The van der Waals surface area contributed by atoms with Crippen LogP contribution in [-0.2, 0) is 12.8 Å². The molecule has 1 N–H and O–H groups in total. The summed E-state index contributed by atoms with van der Waals surface area (Å²) in [6.07, 6.45) is 5.16. The zero-order valence-corrected chi connectivity index (χ0v) is 11.6. The van der Waals surface area contributed by atoms with Crippen molar-refractivity contribution >= 4 is 0 Å². The zero-order valence-electron chi connectivity index (χ0n) is 11.6. The van der Waals surface area contributed by atoms with Crippen molar-refractivity contribution in [3.63, 3.8) is 0 Å². The molecule has 0 aliphatic heterocycles. The third-order valence-corrected chi connectivity index (χ3v) is 3.16. The SMILES string of the molecule is C=C(CC)NCCc1cc(F)ccc1CCCC. The van der Waals surface area contributed by atoms with Crippen molar-refractivity contribution in [3.8, 4) is 0 Å². The number of allylic oxidation sites excluding steroid dienone is 1. The summed E-state index contributed by atoms with van der Waals surface area (Å²) in [4.78, 5) is 0. The summed E-state index contributed by atoms with van der Waals surface area (Å²) in [6, 6.07) is 5.16. The first-order valence-electron chi connectivity index (χ1n) is 6.86. The molecule has 0 aromatic heterocycles. The van der Waals surface area contributed by atoms with Gasteiger partial charge in [0.25, 0.3) is 0 Å². The van der Waals surface area contributed by atoms with Crippen LogP contribution >= 0.6 is 0 Å². The van der Waals surface area contributed by atoms with Crippen molar-refractivity contribution < 1.29 is 4.39 Å². The van der Waals surface area contributed by atoms with E-state index in [0.717, 1.165) is 43.5 Å². The van der Waals surface area contributed by atoms with Crippen LogP contribution in [0.5, 0.6) is 0 Å². The Morgan fingerprint density at radius 3 is 2.67 bits per heavy atom. The van der Waals surface area contributed by atoms with E-state index in [9.17, 15) is 4.39 Å². The van der Waals surface area contributed by atoms with Crippen LogP contribution in [0.1, 0.15) is 44.2 Å². The Morgan fingerprint density at radius 1 is 1.22 bits per heavy atom. The Balaban J connectivity index is 2.60. The minimum absolute atomic E-state index is 0.139. The van der Waals surface area contributed by atoms with E-state index in [1.54, 1.807) is 12.1 Å². The van der Waals surface area contributed by atoms with Gasteiger partial charge in [-0.2, -0.15) is 0 Å². The van der Waals surface area contributed by atoms with Crippen molar-refractivity contribution in [3.05, 3.63) is 47.4 Å². The maximum absolute atomic E-state index is 13.3. The Bertz CT molecular complexity index is 385. The maximum atomic E-state index is 13.3. The number of nitrogens with one attached hydrogen (secondary N) is 1. The summed E-state index contributed by atoms with van der Waals surface area (Å²) in [5.74, 6) is -0.139. The molecule has 0 aliphatic carbocycles. The van der Waals surface area contributed by atoms with Crippen LogP contribution in [0, 0.1) is 5.82 Å². The zero-order chi connectivity index (χ0) is 13.4. The van der Waals surface area contributed by atoms with Gasteiger partial charge in [-0.3, -0.25) is 0 Å². The molecule has 0 amide bonds. The lowest BCUT2D eigenvalue weighted by Crippen LogP contribution is -2.16. The summed E-state index contributed by atoms with van der Waals surface area (Å²) in [5, 5.41) is 3.27. The van der Waals surface area contributed by atoms with Crippen molar-refractivity contribution in [2.24, 2.45) is 0 Å². The molecule has 1 aromatic carbocycles. The van der Waals surface area contributed by atoms with Crippen LogP contribution in [0.25, 0.3) is 0 Å². The molecule has 1 aromatic rings. The molecule has 0 saturated heterocycles. The van der Waals surface area contributed by atoms with Crippen LogP contribution in [0.3, 0.4) is 0 Å². The van der Waals surface area contributed by atoms with Gasteiger partial charge in [-0.25, -0.2) is 4.39 Å². The normalized spacial score (nSPS) is 10.4. The van der Waals surface area contributed by atoms with Crippen LogP contribution in [0.2, 0.25) is 0 Å². The lowest BCUT2D eigenvalue weighted by Gasteiger charge is -2.11. The van der Waals surface area contributed by atoms with Crippen molar-refractivity contribution in [1.29, 1.82) is 0 Å². The molecule has 18 heavy (non-hydrogen) atoms. The molecule has 100 valence electrons. The summed E-state index contributed by atoms with van der Waals surface area (Å²) in [7, 11) is 0. The summed E-state index contributed by atoms with van der Waals surface area (Å²) < 4.78 is 13.3. The molecule has 0 fully saturated rings. The molecule has 0 atom stereocenters. The monoisotopic (exact) mass is 249 g/mol. The van der Waals surface area contributed by atoms with Crippen LogP contribution in [-0.4, -0.2) is 6.54 Å². The molecule has 0 radical (unpaired) electrons. The fourth-order valence-electron chi connectivity index (χ4n) is 1.94. The highest BCUT2D eigenvalue weighted by Crippen LogP contribution is 2.15. The number of rotatable bonds is 8. The second-order valence-electron chi connectivity index (χ2n) is 4.65. The van der Waals surface area contributed by atoms with Gasteiger partial charge >= 0.3 is 0 Å². The van der Waals surface area contributed by atoms with E-state index in [-0.39, 0.29) is 5.82 Å². The molecule has 2 heteroatoms. The third kappa shape index (κ3) is 4.91. The molecular weight excluding hydrogens is 225 g/mol. The lowest BCUT2D eigenvalue weighted by atomic mass is 9.99. The average Bonchev–Trinajstić information content (AvgIpc) is 2.37. The molecular formula is C16H24FN. The topological polar surface area (TPSA) is 12.0 Å². The molecule has 0 unspecified atom stereocenters. The van der Waals surface area contributed by atoms with E-state index in [1.165, 1.54) is 12.0 Å². The number of unbranched alkanes of at least 4 members (excludes halogenated alkanes) is 1. The summed E-state index contributed by atoms with van der Waals surface area (Å²) >= 11 is 0. The van der Waals surface area contributed by atoms with Crippen molar-refractivity contribution in [2.75, 3.05) is 6.54 Å². The van der Waals surface area contributed by atoms with Crippen LogP contribution in [0.4, 0.5) is 4.39 Å². The van der Waals surface area contributed by atoms with Gasteiger partial charge < -0.3 is 5.32 Å². The summed E-state index contributed by atoms with van der Waals surface area (Å²) in [6.45, 7) is 8.99. The van der Waals surface area contributed by atoms with Crippen molar-refractivity contribution in [2.45, 2.75) is 46.0 Å². The van der Waals surface area contributed by atoms with Gasteiger partial charge in [0, 0.05) is 12.2 Å². The number of benzene rings is 1. The molecule has 0 aliphatic rings. The van der Waals surface area contributed by atoms with E-state index in [4.69, 9.17) is 0 Å². The summed E-state index contributed by atoms with van der Waals surface area (Å²) in [5.41, 5.74) is 3.45. The van der Waals surface area contributed by atoms with E-state index < -0.39 is 0 Å². The van der Waals surface area contributed by atoms with E-state index in [0.29, 0.717) is 0 Å². The first-order chi connectivity index (χ1) is 8.67. The van der Waals surface area contributed by atoms with Gasteiger partial charge in [0.1, 0.15) is 5.82 Å². The van der Waals surface area contributed by atoms with Gasteiger partial charge in [-0.1, -0.05) is 32.9 Å². The quantitative estimate of drug-likeness (QED) is 0.727. The standard InChI is InChI=1S/C16H24FN/c1-4-6-7-14-8-9-16(17)12-15(14)10-11-18-13(3)5-2/h8-9,12,18H,3-7,10-11H2,1-2H3. The first kappa shape index (κ1) is 14.7. The minimum atomic E-state index is -0.139. The molecule has 0 spiro atoms. The molecule has 0 heterocycles. The van der Waals surface area contributed by atoms with Crippen LogP contribution < -0.4 is 5.32 Å². The minimum Gasteiger partial charge on any atom is -0.388 e. The average molecular weight is 249 g/mol. The van der Waals surface area contributed by atoms with E-state index in [1.807, 2.05) is 6.07 Å². The highest BCUT2D eigenvalue weighted by Gasteiger charge is 2.04. The van der Waals surface area contributed by atoms with Gasteiger partial charge in [0.05, 0.1) is 0 Å². The van der Waals surface area contributed by atoms with Crippen LogP contribution in [0.15, 0.2) is 30.5 Å². The highest BCUT2D eigenvalue weighted by molar-refractivity contribution is 5.28. The Morgan fingerprint density at radius 2 is 2.00 bits per heavy atom. The second-order valence-corrected chi connectivity index (χ2v) is 4.65. The number of hydrogen-bond donors (Lipinski definition) is 1. The molecule has 0 saturated carbocycles. The van der Waals surface area contributed by atoms with Gasteiger partial charge in [0.15, 0.2) is 0 Å². The Hall–Kier alpha value is -1.31. The predicted molar refractivity (Wildman–Crippen MR) is 76.1 cm³/mol. The molecule has 1 rings (SSSR count). The maximum Gasteiger partial charge on any atom is 0.123 e. The predicted octanol–water partition coefficient (Wildman–Crippen LogP) is 4.22.